The highest BCUT2D eigenvalue weighted by Crippen LogP contribution is 2.34. The third kappa shape index (κ3) is 5.41. The fourth-order valence-electron chi connectivity index (χ4n) is 5.44. The van der Waals surface area contributed by atoms with Gasteiger partial charge in [0.2, 0.25) is 5.91 Å². The molecule has 2 saturated carbocycles. The van der Waals surface area contributed by atoms with Crippen molar-refractivity contribution in [2.45, 2.75) is 83.6 Å². The molecule has 1 heterocycles. The first-order valence-electron chi connectivity index (χ1n) is 12.7. The van der Waals surface area contributed by atoms with Gasteiger partial charge in [0.25, 0.3) is 5.91 Å². The molecule has 4 rings (SSSR count). The van der Waals surface area contributed by atoms with Crippen LogP contribution in [0.4, 0.5) is 0 Å². The standard InChI is InChI=1S/C27H38N2O3/c1-18(2)25(30)24(19-8-4-3-5-9-19)28-26(31)22-11-6-10-21(16-22)23-12-7-15-29(17-23)27(32)20-13-14-20/h6,10-11,16,18-20,23-24H,3-5,7-9,12-15,17H2,1-2H3,(H,28,31)/t23-,24+/m0/s1. The van der Waals surface area contributed by atoms with Crippen LogP contribution < -0.4 is 5.32 Å². The molecule has 2 aliphatic carbocycles. The van der Waals surface area contributed by atoms with Gasteiger partial charge in [-0.05, 0) is 62.1 Å². The molecule has 2 atom stereocenters. The van der Waals surface area contributed by atoms with Crippen molar-refractivity contribution in [2.24, 2.45) is 17.8 Å². The van der Waals surface area contributed by atoms with E-state index < -0.39 is 6.04 Å². The highest BCUT2D eigenvalue weighted by molar-refractivity contribution is 5.98. The van der Waals surface area contributed by atoms with Crippen LogP contribution >= 0.6 is 0 Å². The number of ketones is 1. The third-order valence-electron chi connectivity index (χ3n) is 7.56. The predicted molar refractivity (Wildman–Crippen MR) is 125 cm³/mol. The van der Waals surface area contributed by atoms with Gasteiger partial charge in [-0.15, -0.1) is 0 Å². The number of nitrogens with one attached hydrogen (secondary N) is 1. The van der Waals surface area contributed by atoms with Gasteiger partial charge in [0.1, 0.15) is 0 Å². The molecule has 3 aliphatic rings. The van der Waals surface area contributed by atoms with Crippen molar-refractivity contribution < 1.29 is 14.4 Å². The largest absolute Gasteiger partial charge is 0.342 e. The van der Waals surface area contributed by atoms with Crippen molar-refractivity contribution >= 4 is 17.6 Å². The Labute approximate surface area is 192 Å². The van der Waals surface area contributed by atoms with Crippen molar-refractivity contribution in [3.8, 4) is 0 Å². The molecule has 0 bridgehead atoms. The fraction of sp³-hybridized carbons (Fsp3) is 0.667. The van der Waals surface area contributed by atoms with Crippen LogP contribution in [-0.4, -0.2) is 41.6 Å². The van der Waals surface area contributed by atoms with Gasteiger partial charge < -0.3 is 10.2 Å². The minimum atomic E-state index is -0.396. The van der Waals surface area contributed by atoms with Crippen LogP contribution in [0.15, 0.2) is 24.3 Å². The quantitative estimate of drug-likeness (QED) is 0.671. The maximum atomic E-state index is 13.2. The molecule has 2 amide bonds. The Kier molecular flexibility index (Phi) is 7.32. The second kappa shape index (κ2) is 10.2. The summed E-state index contributed by atoms with van der Waals surface area (Å²) < 4.78 is 0. The first kappa shape index (κ1) is 23.0. The summed E-state index contributed by atoms with van der Waals surface area (Å²) in [6.45, 7) is 5.44. The highest BCUT2D eigenvalue weighted by Gasteiger charge is 2.36. The minimum Gasteiger partial charge on any atom is -0.342 e. The minimum absolute atomic E-state index is 0.0919. The summed E-state index contributed by atoms with van der Waals surface area (Å²) in [5, 5.41) is 3.11. The molecular formula is C27H38N2O3. The Morgan fingerprint density at radius 1 is 0.969 bits per heavy atom. The normalized spacial score (nSPS) is 23.1. The molecule has 174 valence electrons. The fourth-order valence-corrected chi connectivity index (χ4v) is 5.44. The van der Waals surface area contributed by atoms with E-state index in [0.717, 1.165) is 70.0 Å². The summed E-state index contributed by atoms with van der Waals surface area (Å²) in [5.41, 5.74) is 1.74. The molecule has 1 aromatic carbocycles. The van der Waals surface area contributed by atoms with Crippen LogP contribution in [0, 0.1) is 17.8 Å². The van der Waals surface area contributed by atoms with Gasteiger partial charge in [0.15, 0.2) is 5.78 Å². The number of Topliss-reactive ketones (excluding diaryl/α,β-unsaturated/α-hetero) is 1. The summed E-state index contributed by atoms with van der Waals surface area (Å²) in [5.74, 6) is 0.968. The molecule has 0 unspecified atom stereocenters. The summed E-state index contributed by atoms with van der Waals surface area (Å²) in [7, 11) is 0. The van der Waals surface area contributed by atoms with E-state index in [9.17, 15) is 14.4 Å². The lowest BCUT2D eigenvalue weighted by molar-refractivity contribution is -0.133. The highest BCUT2D eigenvalue weighted by atomic mass is 16.2. The number of carbonyl (C=O) groups excluding carboxylic acids is 3. The molecule has 0 radical (unpaired) electrons. The lowest BCUT2D eigenvalue weighted by Gasteiger charge is -2.33. The Morgan fingerprint density at radius 2 is 1.72 bits per heavy atom. The van der Waals surface area contributed by atoms with E-state index in [4.69, 9.17) is 0 Å². The molecule has 5 heteroatoms. The molecule has 32 heavy (non-hydrogen) atoms. The molecule has 5 nitrogen and oxygen atoms in total. The van der Waals surface area contributed by atoms with E-state index in [1.807, 2.05) is 36.9 Å². The van der Waals surface area contributed by atoms with Gasteiger partial charge in [-0.2, -0.15) is 0 Å². The van der Waals surface area contributed by atoms with Crippen LogP contribution in [0.2, 0.25) is 0 Å². The van der Waals surface area contributed by atoms with Gasteiger partial charge in [-0.25, -0.2) is 0 Å². The van der Waals surface area contributed by atoms with Crippen LogP contribution in [0.3, 0.4) is 0 Å². The average molecular weight is 439 g/mol. The predicted octanol–water partition coefficient (Wildman–Crippen LogP) is 4.71. The number of likely N-dealkylation sites (tertiary alicyclic amines) is 1. The Bertz CT molecular complexity index is 839. The molecular weight excluding hydrogens is 400 g/mol. The summed E-state index contributed by atoms with van der Waals surface area (Å²) in [6, 6.07) is 7.43. The maximum absolute atomic E-state index is 13.2. The molecule has 3 fully saturated rings. The Hall–Kier alpha value is -2.17. The first-order chi connectivity index (χ1) is 15.4. The van der Waals surface area contributed by atoms with Crippen LogP contribution in [0.5, 0.6) is 0 Å². The van der Waals surface area contributed by atoms with Crippen LogP contribution in [0.1, 0.15) is 93.5 Å². The smallest absolute Gasteiger partial charge is 0.251 e. The van der Waals surface area contributed by atoms with Gasteiger partial charge >= 0.3 is 0 Å². The van der Waals surface area contributed by atoms with Gasteiger partial charge in [0.05, 0.1) is 6.04 Å². The number of benzene rings is 1. The second-order valence-electron chi connectivity index (χ2n) is 10.4. The zero-order chi connectivity index (χ0) is 22.7. The van der Waals surface area contributed by atoms with E-state index in [2.05, 4.69) is 11.4 Å². The van der Waals surface area contributed by atoms with Crippen LogP contribution in [0.25, 0.3) is 0 Å². The van der Waals surface area contributed by atoms with E-state index >= 15 is 0 Å². The summed E-state index contributed by atoms with van der Waals surface area (Å²) in [4.78, 5) is 40.7. The number of hydrogen-bond acceptors (Lipinski definition) is 3. The zero-order valence-corrected chi connectivity index (χ0v) is 19.6. The van der Waals surface area contributed by atoms with Crippen molar-refractivity contribution in [3.05, 3.63) is 35.4 Å². The lowest BCUT2D eigenvalue weighted by atomic mass is 9.80. The number of hydrogen-bond donors (Lipinski definition) is 1. The molecule has 0 spiro atoms. The third-order valence-corrected chi connectivity index (χ3v) is 7.56. The number of rotatable bonds is 7. The second-order valence-corrected chi connectivity index (χ2v) is 10.4. The Balaban J connectivity index is 1.45. The van der Waals surface area contributed by atoms with Gasteiger partial charge in [-0.1, -0.05) is 45.2 Å². The SMILES string of the molecule is CC(C)C(=O)[C@H](NC(=O)c1cccc([C@H]2CCCN(C(=O)C3CC3)C2)c1)C1CCCCC1. The molecule has 1 aromatic rings. The van der Waals surface area contributed by atoms with E-state index in [1.54, 1.807) is 0 Å². The first-order valence-corrected chi connectivity index (χ1v) is 12.7. The molecule has 1 aliphatic heterocycles. The molecule has 1 N–H and O–H groups in total. The number of nitrogens with zero attached hydrogens (tertiary/aromatic N) is 1. The molecule has 0 aromatic heterocycles. The van der Waals surface area contributed by atoms with E-state index in [0.29, 0.717) is 11.5 Å². The number of amides is 2. The van der Waals surface area contributed by atoms with Crippen molar-refractivity contribution in [1.29, 1.82) is 0 Å². The Morgan fingerprint density at radius 3 is 2.41 bits per heavy atom. The number of carbonyl (C=O) groups is 3. The zero-order valence-electron chi connectivity index (χ0n) is 19.6. The van der Waals surface area contributed by atoms with Crippen molar-refractivity contribution in [2.75, 3.05) is 13.1 Å². The maximum Gasteiger partial charge on any atom is 0.251 e. The van der Waals surface area contributed by atoms with Crippen molar-refractivity contribution in [3.63, 3.8) is 0 Å². The average Bonchev–Trinajstić information content (AvgIpc) is 3.68. The number of piperidine rings is 1. The topological polar surface area (TPSA) is 66.5 Å². The summed E-state index contributed by atoms with van der Waals surface area (Å²) in [6.07, 6.45) is 9.62. The van der Waals surface area contributed by atoms with Gasteiger partial charge in [-0.3, -0.25) is 14.4 Å². The van der Waals surface area contributed by atoms with Crippen LogP contribution in [-0.2, 0) is 9.59 Å². The lowest BCUT2D eigenvalue weighted by Crippen LogP contribution is -2.48. The monoisotopic (exact) mass is 438 g/mol. The summed E-state index contributed by atoms with van der Waals surface area (Å²) >= 11 is 0. The van der Waals surface area contributed by atoms with Gasteiger partial charge in [0, 0.05) is 36.4 Å². The van der Waals surface area contributed by atoms with Crippen molar-refractivity contribution in [1.82, 2.24) is 10.2 Å². The van der Waals surface area contributed by atoms with E-state index in [-0.39, 0.29) is 35.4 Å². The van der Waals surface area contributed by atoms with E-state index in [1.165, 1.54) is 6.42 Å². The molecule has 1 saturated heterocycles.